The molecule has 1 heterocycles. The van der Waals surface area contributed by atoms with Crippen molar-refractivity contribution in [1.29, 1.82) is 0 Å². The number of carbonyl (C=O) groups excluding carboxylic acids is 1. The van der Waals surface area contributed by atoms with Crippen LogP contribution in [0.3, 0.4) is 0 Å². The molecule has 27 heavy (non-hydrogen) atoms. The topological polar surface area (TPSA) is 68.2 Å². The third-order valence-electron chi connectivity index (χ3n) is 4.00. The Labute approximate surface area is 154 Å². The molecule has 2 N–H and O–H groups in total. The number of anilines is 1. The number of hydrogen-bond donors (Lipinski definition) is 2. The fraction of sp³-hybridized carbons (Fsp3) is 0.158. The lowest BCUT2D eigenvalue weighted by molar-refractivity contribution is 0.249. The van der Waals surface area contributed by atoms with Crippen LogP contribution in [0.15, 0.2) is 54.9 Å². The number of nitrogens with one attached hydrogen (secondary N) is 2. The second kappa shape index (κ2) is 7.86. The minimum absolute atomic E-state index is 0.127. The third-order valence-corrected chi connectivity index (χ3v) is 4.00. The molecule has 1 aromatic heterocycles. The predicted octanol–water partition coefficient (Wildman–Crippen LogP) is 3.62. The normalized spacial score (nSPS) is 11.7. The fourth-order valence-electron chi connectivity index (χ4n) is 2.65. The molecule has 0 bridgehead atoms. The van der Waals surface area contributed by atoms with E-state index in [9.17, 15) is 13.6 Å². The number of aromatic nitrogens is 2. The summed E-state index contributed by atoms with van der Waals surface area (Å²) in [5.74, 6) is -0.378. The molecule has 3 aromatic rings. The number of hydrogen-bond acceptors (Lipinski definition) is 3. The minimum atomic E-state index is -0.861. The summed E-state index contributed by atoms with van der Waals surface area (Å²) in [6, 6.07) is 8.84. The van der Waals surface area contributed by atoms with E-state index < -0.39 is 23.7 Å². The van der Waals surface area contributed by atoms with Crippen molar-refractivity contribution >= 4 is 11.7 Å². The zero-order chi connectivity index (χ0) is 19.4. The summed E-state index contributed by atoms with van der Waals surface area (Å²) in [5, 5.41) is 5.16. The van der Waals surface area contributed by atoms with Gasteiger partial charge in [0.25, 0.3) is 0 Å². The molecule has 3 rings (SSSR count). The summed E-state index contributed by atoms with van der Waals surface area (Å²) in [7, 11) is 3.35. The molecular weight excluding hydrogens is 354 g/mol. The summed E-state index contributed by atoms with van der Waals surface area (Å²) in [5.41, 5.74) is 0.608. The van der Waals surface area contributed by atoms with Gasteiger partial charge in [-0.3, -0.25) is 0 Å². The van der Waals surface area contributed by atoms with Gasteiger partial charge in [-0.15, -0.1) is 0 Å². The van der Waals surface area contributed by atoms with Crippen molar-refractivity contribution in [3.05, 3.63) is 77.9 Å². The summed E-state index contributed by atoms with van der Waals surface area (Å²) in [6.07, 6.45) is 3.36. The van der Waals surface area contributed by atoms with Gasteiger partial charge in [-0.05, 0) is 29.8 Å². The third kappa shape index (κ3) is 4.22. The predicted molar refractivity (Wildman–Crippen MR) is 96.6 cm³/mol. The molecule has 140 valence electrons. The van der Waals surface area contributed by atoms with Gasteiger partial charge >= 0.3 is 6.03 Å². The molecule has 8 heteroatoms. The van der Waals surface area contributed by atoms with Crippen LogP contribution in [0.1, 0.15) is 17.4 Å². The van der Waals surface area contributed by atoms with Crippen LogP contribution < -0.4 is 15.4 Å². The molecule has 1 atom stereocenters. The summed E-state index contributed by atoms with van der Waals surface area (Å²) >= 11 is 0. The van der Waals surface area contributed by atoms with E-state index in [1.807, 2.05) is 6.07 Å². The molecule has 0 saturated heterocycles. The van der Waals surface area contributed by atoms with Crippen LogP contribution in [-0.4, -0.2) is 22.7 Å². The molecular formula is C19H18F2N4O2. The molecule has 0 aliphatic heterocycles. The number of ether oxygens (including phenoxy) is 1. The van der Waals surface area contributed by atoms with E-state index in [0.717, 1.165) is 17.7 Å². The fourth-order valence-corrected chi connectivity index (χ4v) is 2.65. The number of urea groups is 1. The number of carbonyl (C=O) groups is 1. The van der Waals surface area contributed by atoms with Crippen molar-refractivity contribution in [3.63, 3.8) is 0 Å². The van der Waals surface area contributed by atoms with Crippen molar-refractivity contribution in [3.8, 4) is 5.75 Å². The molecule has 0 saturated carbocycles. The number of methoxy groups -OCH3 is 1. The van der Waals surface area contributed by atoms with Gasteiger partial charge in [0.2, 0.25) is 0 Å². The Morgan fingerprint density at radius 2 is 2.04 bits per heavy atom. The first-order valence-corrected chi connectivity index (χ1v) is 8.11. The lowest BCUT2D eigenvalue weighted by Crippen LogP contribution is -2.34. The molecule has 2 amide bonds. The molecule has 6 nitrogen and oxygen atoms in total. The van der Waals surface area contributed by atoms with Crippen molar-refractivity contribution in [1.82, 2.24) is 14.9 Å². The smallest absolute Gasteiger partial charge is 0.320 e. The second-order valence-electron chi connectivity index (χ2n) is 5.83. The van der Waals surface area contributed by atoms with Crippen LogP contribution >= 0.6 is 0 Å². The first-order valence-electron chi connectivity index (χ1n) is 8.11. The van der Waals surface area contributed by atoms with Gasteiger partial charge in [-0.25, -0.2) is 18.6 Å². The Morgan fingerprint density at radius 3 is 2.70 bits per heavy atom. The Kier molecular flexibility index (Phi) is 5.35. The highest BCUT2D eigenvalue weighted by Crippen LogP contribution is 2.24. The van der Waals surface area contributed by atoms with Crippen LogP contribution in [0.2, 0.25) is 0 Å². The Morgan fingerprint density at radius 1 is 1.22 bits per heavy atom. The van der Waals surface area contributed by atoms with Gasteiger partial charge in [0.05, 0.1) is 12.8 Å². The first kappa shape index (κ1) is 18.4. The summed E-state index contributed by atoms with van der Waals surface area (Å²) < 4.78 is 33.8. The van der Waals surface area contributed by atoms with Crippen LogP contribution in [0, 0.1) is 11.6 Å². The van der Waals surface area contributed by atoms with Gasteiger partial charge in [0.1, 0.15) is 29.3 Å². The molecule has 0 fully saturated rings. The monoisotopic (exact) mass is 372 g/mol. The number of benzene rings is 2. The van der Waals surface area contributed by atoms with E-state index in [1.54, 1.807) is 49.3 Å². The zero-order valence-electron chi connectivity index (χ0n) is 14.7. The highest BCUT2D eigenvalue weighted by molar-refractivity contribution is 5.89. The molecule has 0 spiro atoms. The van der Waals surface area contributed by atoms with E-state index in [1.165, 1.54) is 0 Å². The van der Waals surface area contributed by atoms with Crippen molar-refractivity contribution in [2.24, 2.45) is 7.05 Å². The average molecular weight is 372 g/mol. The summed E-state index contributed by atoms with van der Waals surface area (Å²) in [6.45, 7) is 0. The number of aryl methyl sites for hydroxylation is 1. The number of imidazole rings is 1. The highest BCUT2D eigenvalue weighted by atomic mass is 19.1. The minimum Gasteiger partial charge on any atom is -0.497 e. The maximum atomic E-state index is 13.8. The standard InChI is InChI=1S/C19H18F2N4O2/c1-25-9-8-22-18(25)17(12-4-3-5-14(10-12)27-2)24-19(26)23-16-7-6-13(20)11-15(16)21/h3-11,17H,1-2H3,(H2,23,24,26)/t17-/m1/s1. The number of halogens is 2. The van der Waals surface area contributed by atoms with Crippen molar-refractivity contribution in [2.75, 3.05) is 12.4 Å². The van der Waals surface area contributed by atoms with E-state index in [2.05, 4.69) is 15.6 Å². The van der Waals surface area contributed by atoms with Crippen LogP contribution in [0.25, 0.3) is 0 Å². The van der Waals surface area contributed by atoms with Crippen LogP contribution in [0.5, 0.6) is 5.75 Å². The number of rotatable bonds is 5. The van der Waals surface area contributed by atoms with Gasteiger partial charge in [-0.2, -0.15) is 0 Å². The maximum absolute atomic E-state index is 13.8. The second-order valence-corrected chi connectivity index (χ2v) is 5.83. The van der Waals surface area contributed by atoms with E-state index in [-0.39, 0.29) is 5.69 Å². The lowest BCUT2D eigenvalue weighted by Gasteiger charge is -2.20. The molecule has 0 unspecified atom stereocenters. The Bertz CT molecular complexity index is 958. The van der Waals surface area contributed by atoms with Gasteiger partial charge in [0.15, 0.2) is 0 Å². The highest BCUT2D eigenvalue weighted by Gasteiger charge is 2.22. The van der Waals surface area contributed by atoms with Gasteiger partial charge in [0, 0.05) is 25.5 Å². The Balaban J connectivity index is 1.87. The van der Waals surface area contributed by atoms with Crippen LogP contribution in [-0.2, 0) is 7.05 Å². The SMILES string of the molecule is COc1cccc([C@@H](NC(=O)Nc2ccc(F)cc2F)c2nccn2C)c1. The molecule has 0 radical (unpaired) electrons. The lowest BCUT2D eigenvalue weighted by atomic mass is 10.1. The Hall–Kier alpha value is -3.42. The average Bonchev–Trinajstić information content (AvgIpc) is 3.08. The largest absolute Gasteiger partial charge is 0.497 e. The number of amides is 2. The van der Waals surface area contributed by atoms with Gasteiger partial charge < -0.3 is 19.9 Å². The van der Waals surface area contributed by atoms with Crippen molar-refractivity contribution < 1.29 is 18.3 Å². The molecule has 0 aliphatic carbocycles. The quantitative estimate of drug-likeness (QED) is 0.719. The van der Waals surface area contributed by atoms with Crippen LogP contribution in [0.4, 0.5) is 19.3 Å². The van der Waals surface area contributed by atoms with E-state index in [4.69, 9.17) is 4.74 Å². The zero-order valence-corrected chi connectivity index (χ0v) is 14.7. The van der Waals surface area contributed by atoms with Crippen molar-refractivity contribution in [2.45, 2.75) is 6.04 Å². The van der Waals surface area contributed by atoms with Gasteiger partial charge in [-0.1, -0.05) is 12.1 Å². The van der Waals surface area contributed by atoms with E-state index >= 15 is 0 Å². The summed E-state index contributed by atoms with van der Waals surface area (Å²) in [4.78, 5) is 16.7. The van der Waals surface area contributed by atoms with E-state index in [0.29, 0.717) is 17.6 Å². The number of nitrogens with zero attached hydrogens (tertiary/aromatic N) is 2. The first-order chi connectivity index (χ1) is 13.0. The molecule has 0 aliphatic rings. The maximum Gasteiger partial charge on any atom is 0.320 e. The molecule has 2 aromatic carbocycles.